The van der Waals surface area contributed by atoms with Crippen LogP contribution in [0.3, 0.4) is 0 Å². The molecule has 4 aromatic rings. The van der Waals surface area contributed by atoms with Crippen molar-refractivity contribution in [2.75, 3.05) is 13.1 Å². The summed E-state index contributed by atoms with van der Waals surface area (Å²) in [5.74, 6) is -2.10. The summed E-state index contributed by atoms with van der Waals surface area (Å²) >= 11 is 0. The van der Waals surface area contributed by atoms with Crippen molar-refractivity contribution in [2.45, 2.75) is 58.0 Å². The molecule has 1 aliphatic carbocycles. The maximum Gasteiger partial charge on any atom is 0.282 e. The van der Waals surface area contributed by atoms with Crippen LogP contribution >= 0.6 is 0 Å². The lowest BCUT2D eigenvalue weighted by atomic mass is 9.79. The molecular formula is C29H32F2N8O2. The second kappa shape index (κ2) is 10.6. The zero-order valence-corrected chi connectivity index (χ0v) is 23.0. The molecule has 4 aromatic heterocycles. The minimum absolute atomic E-state index is 0.199. The topological polar surface area (TPSA) is 122 Å². The van der Waals surface area contributed by atoms with Crippen molar-refractivity contribution in [3.8, 4) is 11.3 Å². The number of carbonyl (C=O) groups excluding carboxylic acids is 2. The SMILES string of the molecule is CCn1nccc1C(=O)N[C@H](c1nc2nc(-c3cnccc3C(=O)N3CC(F)(F)C3)ccc2[nH]1)C1CCC(C)CC1. The molecule has 0 unspecified atom stereocenters. The van der Waals surface area contributed by atoms with E-state index in [1.165, 1.54) is 18.5 Å². The second-order valence-corrected chi connectivity index (χ2v) is 11.1. The first-order chi connectivity index (χ1) is 19.7. The summed E-state index contributed by atoms with van der Waals surface area (Å²) in [5, 5.41) is 7.45. The molecule has 12 heteroatoms. The van der Waals surface area contributed by atoms with Gasteiger partial charge >= 0.3 is 0 Å². The number of H-pyrrole nitrogens is 1. The number of nitrogens with zero attached hydrogens (tertiary/aromatic N) is 6. The van der Waals surface area contributed by atoms with E-state index in [1.807, 2.05) is 13.0 Å². The molecule has 1 aliphatic heterocycles. The molecule has 2 amide bonds. The number of imidazole rings is 1. The van der Waals surface area contributed by atoms with Crippen LogP contribution in [0.15, 0.2) is 42.9 Å². The number of amides is 2. The van der Waals surface area contributed by atoms with Gasteiger partial charge in [-0.2, -0.15) is 5.10 Å². The highest BCUT2D eigenvalue weighted by molar-refractivity contribution is 6.01. The van der Waals surface area contributed by atoms with Crippen molar-refractivity contribution in [3.05, 3.63) is 59.9 Å². The Balaban J connectivity index is 1.31. The van der Waals surface area contributed by atoms with Crippen LogP contribution in [0, 0.1) is 11.8 Å². The van der Waals surface area contributed by atoms with Gasteiger partial charge in [-0.15, -0.1) is 0 Å². The standard InChI is InChI=1S/C29H32F2N8O2/c1-3-39-23(11-13-33-39)27(40)36-24(18-6-4-17(2)5-7-18)26-35-22-9-8-21(34-25(22)37-26)20-14-32-12-10-19(20)28(41)38-15-29(30,31)16-38/h8-14,17-18,24H,3-7,15-16H2,1-2H3,(H,36,40)(H,34,35,37)/t17?,18?,24-/m0/s1. The number of carbonyl (C=O) groups is 2. The smallest absolute Gasteiger partial charge is 0.282 e. The molecule has 214 valence electrons. The number of aromatic nitrogens is 6. The number of fused-ring (bicyclic) bond motifs is 1. The average Bonchev–Trinajstić information content (AvgIpc) is 3.61. The second-order valence-electron chi connectivity index (χ2n) is 11.1. The maximum absolute atomic E-state index is 13.4. The van der Waals surface area contributed by atoms with Gasteiger partial charge in [0.15, 0.2) is 5.65 Å². The number of alkyl halides is 2. The minimum Gasteiger partial charge on any atom is -0.340 e. The summed E-state index contributed by atoms with van der Waals surface area (Å²) in [6.07, 6.45) is 8.67. The third-order valence-electron chi connectivity index (χ3n) is 8.19. The largest absolute Gasteiger partial charge is 0.340 e. The van der Waals surface area contributed by atoms with Gasteiger partial charge < -0.3 is 15.2 Å². The Morgan fingerprint density at radius 1 is 1.10 bits per heavy atom. The first-order valence-corrected chi connectivity index (χ1v) is 14.0. The molecule has 1 atom stereocenters. The van der Waals surface area contributed by atoms with Crippen LogP contribution in [0.1, 0.15) is 72.2 Å². The van der Waals surface area contributed by atoms with E-state index < -0.39 is 24.9 Å². The summed E-state index contributed by atoms with van der Waals surface area (Å²) in [7, 11) is 0. The van der Waals surface area contributed by atoms with E-state index in [0.717, 1.165) is 30.6 Å². The fraction of sp³-hybridized carbons (Fsp3) is 0.448. The molecule has 2 N–H and O–H groups in total. The first-order valence-electron chi connectivity index (χ1n) is 14.0. The number of aryl methyl sites for hydroxylation is 1. The molecular weight excluding hydrogens is 530 g/mol. The van der Waals surface area contributed by atoms with Crippen LogP contribution in [0.4, 0.5) is 8.78 Å². The van der Waals surface area contributed by atoms with Gasteiger partial charge in [0.05, 0.1) is 35.9 Å². The molecule has 0 aromatic carbocycles. The normalized spacial score (nSPS) is 20.9. The van der Waals surface area contributed by atoms with Crippen LogP contribution in [0.5, 0.6) is 0 Å². The molecule has 1 saturated heterocycles. The molecule has 5 heterocycles. The highest BCUT2D eigenvalue weighted by Crippen LogP contribution is 2.37. The third kappa shape index (κ3) is 5.30. The maximum atomic E-state index is 13.4. The third-order valence-corrected chi connectivity index (χ3v) is 8.19. The zero-order valence-electron chi connectivity index (χ0n) is 23.0. The molecule has 0 bridgehead atoms. The molecule has 10 nitrogen and oxygen atoms in total. The number of likely N-dealkylation sites (tertiary alicyclic amines) is 1. The van der Waals surface area contributed by atoms with Crippen LogP contribution < -0.4 is 5.32 Å². The number of aromatic amines is 1. The fourth-order valence-corrected chi connectivity index (χ4v) is 5.84. The van der Waals surface area contributed by atoms with E-state index in [-0.39, 0.29) is 23.4 Å². The van der Waals surface area contributed by atoms with Crippen LogP contribution in [0.2, 0.25) is 0 Å². The summed E-state index contributed by atoms with van der Waals surface area (Å²) in [4.78, 5) is 44.5. The predicted molar refractivity (Wildman–Crippen MR) is 147 cm³/mol. The Hall–Kier alpha value is -4.22. The Kier molecular flexibility index (Phi) is 7.00. The van der Waals surface area contributed by atoms with Gasteiger partial charge in [0, 0.05) is 30.7 Å². The molecule has 1 saturated carbocycles. The van der Waals surface area contributed by atoms with Crippen molar-refractivity contribution in [2.24, 2.45) is 11.8 Å². The van der Waals surface area contributed by atoms with Gasteiger partial charge in [-0.3, -0.25) is 19.3 Å². The number of halogens is 2. The monoisotopic (exact) mass is 562 g/mol. The van der Waals surface area contributed by atoms with E-state index in [0.29, 0.717) is 46.4 Å². The molecule has 6 rings (SSSR count). The molecule has 41 heavy (non-hydrogen) atoms. The van der Waals surface area contributed by atoms with E-state index >= 15 is 0 Å². The van der Waals surface area contributed by atoms with Gasteiger partial charge in [0.2, 0.25) is 0 Å². The molecule has 0 radical (unpaired) electrons. The van der Waals surface area contributed by atoms with Crippen molar-refractivity contribution in [3.63, 3.8) is 0 Å². The van der Waals surface area contributed by atoms with E-state index in [1.54, 1.807) is 23.0 Å². The zero-order chi connectivity index (χ0) is 28.7. The van der Waals surface area contributed by atoms with Crippen molar-refractivity contribution >= 4 is 23.0 Å². The van der Waals surface area contributed by atoms with Crippen molar-refractivity contribution < 1.29 is 18.4 Å². The Morgan fingerprint density at radius 2 is 1.88 bits per heavy atom. The van der Waals surface area contributed by atoms with Gasteiger partial charge in [0.25, 0.3) is 17.7 Å². The lowest BCUT2D eigenvalue weighted by Crippen LogP contribution is -2.58. The number of hydrogen-bond acceptors (Lipinski definition) is 6. The minimum atomic E-state index is -2.86. The van der Waals surface area contributed by atoms with Gasteiger partial charge in [-0.05, 0) is 55.9 Å². The Morgan fingerprint density at radius 3 is 2.61 bits per heavy atom. The predicted octanol–water partition coefficient (Wildman–Crippen LogP) is 4.62. The molecule has 0 spiro atoms. The fourth-order valence-electron chi connectivity index (χ4n) is 5.84. The number of pyridine rings is 2. The quantitative estimate of drug-likeness (QED) is 0.339. The van der Waals surface area contributed by atoms with Gasteiger partial charge in [-0.25, -0.2) is 18.7 Å². The van der Waals surface area contributed by atoms with E-state index in [9.17, 15) is 18.4 Å². The first kappa shape index (κ1) is 27.0. The van der Waals surface area contributed by atoms with Crippen LogP contribution in [-0.4, -0.2) is 65.4 Å². The highest BCUT2D eigenvalue weighted by atomic mass is 19.3. The van der Waals surface area contributed by atoms with Gasteiger partial charge in [0.1, 0.15) is 11.5 Å². The molecule has 2 aliphatic rings. The average molecular weight is 563 g/mol. The lowest BCUT2D eigenvalue weighted by molar-refractivity contribution is -0.113. The number of rotatable bonds is 7. The lowest BCUT2D eigenvalue weighted by Gasteiger charge is -2.38. The summed E-state index contributed by atoms with van der Waals surface area (Å²) in [6.45, 7) is 3.56. The summed E-state index contributed by atoms with van der Waals surface area (Å²) in [5.41, 5.74) is 2.76. The van der Waals surface area contributed by atoms with E-state index in [4.69, 9.17) is 9.97 Å². The summed E-state index contributed by atoms with van der Waals surface area (Å²) < 4.78 is 28.5. The summed E-state index contributed by atoms with van der Waals surface area (Å²) in [6, 6.07) is 6.45. The number of nitrogens with one attached hydrogen (secondary N) is 2. The van der Waals surface area contributed by atoms with Gasteiger partial charge in [-0.1, -0.05) is 19.8 Å². The van der Waals surface area contributed by atoms with Crippen LogP contribution in [-0.2, 0) is 6.54 Å². The van der Waals surface area contributed by atoms with E-state index in [2.05, 4.69) is 27.3 Å². The van der Waals surface area contributed by atoms with Crippen molar-refractivity contribution in [1.82, 2.24) is 39.9 Å². The Bertz CT molecular complexity index is 1580. The highest BCUT2D eigenvalue weighted by Gasteiger charge is 2.46. The number of hydrogen-bond donors (Lipinski definition) is 2. The molecule has 2 fully saturated rings. The van der Waals surface area contributed by atoms with Crippen LogP contribution in [0.25, 0.3) is 22.4 Å². The Labute approximate surface area is 235 Å². The van der Waals surface area contributed by atoms with Crippen molar-refractivity contribution in [1.29, 1.82) is 0 Å².